The van der Waals surface area contributed by atoms with Gasteiger partial charge < -0.3 is 15.8 Å². The number of alkyl halides is 3. The minimum Gasteiger partial charge on any atom is -0.466 e. The van der Waals surface area contributed by atoms with E-state index >= 15 is 0 Å². The van der Waals surface area contributed by atoms with Crippen LogP contribution in [0.4, 0.5) is 13.2 Å². The summed E-state index contributed by atoms with van der Waals surface area (Å²) in [5.41, 5.74) is 3.75. The van der Waals surface area contributed by atoms with Crippen LogP contribution >= 0.6 is 0 Å². The van der Waals surface area contributed by atoms with Gasteiger partial charge in [-0.15, -0.1) is 0 Å². The van der Waals surface area contributed by atoms with Crippen LogP contribution in [0.25, 0.3) is 0 Å². The second-order valence-electron chi connectivity index (χ2n) is 4.52. The number of esters is 1. The van der Waals surface area contributed by atoms with E-state index in [4.69, 9.17) is 5.73 Å². The Kier molecular flexibility index (Phi) is 6.11. The van der Waals surface area contributed by atoms with Gasteiger partial charge in [-0.3, -0.25) is 14.4 Å². The average molecular weight is 332 g/mol. The first-order valence-electron chi connectivity index (χ1n) is 6.58. The number of hydrogen-bond acceptors (Lipinski definition) is 4. The number of carbonyl (C=O) groups excluding carboxylic acids is 3. The molecule has 6 nitrogen and oxygen atoms in total. The molecule has 0 aliphatic heterocycles. The zero-order valence-corrected chi connectivity index (χ0v) is 12.1. The second kappa shape index (κ2) is 7.61. The summed E-state index contributed by atoms with van der Waals surface area (Å²) < 4.78 is 42.5. The van der Waals surface area contributed by atoms with E-state index in [1.807, 2.05) is 0 Å². The maximum atomic E-state index is 12.6. The fourth-order valence-corrected chi connectivity index (χ4v) is 1.69. The molecule has 23 heavy (non-hydrogen) atoms. The Morgan fingerprint density at radius 1 is 1.30 bits per heavy atom. The van der Waals surface area contributed by atoms with Crippen molar-refractivity contribution in [2.45, 2.75) is 25.6 Å². The van der Waals surface area contributed by atoms with E-state index in [0.29, 0.717) is 6.07 Å². The normalized spacial score (nSPS) is 12.3. The van der Waals surface area contributed by atoms with Crippen molar-refractivity contribution in [3.05, 3.63) is 35.4 Å². The smallest absolute Gasteiger partial charge is 0.416 e. The Balaban J connectivity index is 2.87. The molecule has 1 atom stereocenters. The number of benzene rings is 1. The van der Waals surface area contributed by atoms with Crippen LogP contribution in [0.15, 0.2) is 24.3 Å². The highest BCUT2D eigenvalue weighted by atomic mass is 19.4. The second-order valence-corrected chi connectivity index (χ2v) is 4.52. The molecular weight excluding hydrogens is 317 g/mol. The number of nitrogens with two attached hydrogens (primary N) is 1. The van der Waals surface area contributed by atoms with Crippen molar-refractivity contribution in [3.8, 4) is 0 Å². The molecule has 126 valence electrons. The van der Waals surface area contributed by atoms with E-state index < -0.39 is 42.0 Å². The predicted octanol–water partition coefficient (Wildman–Crippen LogP) is 1.24. The molecule has 0 radical (unpaired) electrons. The summed E-state index contributed by atoms with van der Waals surface area (Å²) in [6.07, 6.45) is -5.11. The van der Waals surface area contributed by atoms with E-state index in [2.05, 4.69) is 10.1 Å². The first kappa shape index (κ1) is 18.5. The van der Waals surface area contributed by atoms with Crippen molar-refractivity contribution in [1.29, 1.82) is 0 Å². The van der Waals surface area contributed by atoms with Crippen LogP contribution in [0.5, 0.6) is 0 Å². The number of nitrogens with one attached hydrogen (secondary N) is 1. The van der Waals surface area contributed by atoms with E-state index in [1.54, 1.807) is 6.92 Å². The molecule has 0 unspecified atom stereocenters. The number of amides is 2. The number of carbonyl (C=O) groups is 3. The molecule has 0 saturated heterocycles. The first-order chi connectivity index (χ1) is 10.6. The van der Waals surface area contributed by atoms with Crippen LogP contribution in [0.1, 0.15) is 29.3 Å². The molecule has 0 spiro atoms. The van der Waals surface area contributed by atoms with Gasteiger partial charge in [0.05, 0.1) is 18.6 Å². The molecule has 9 heteroatoms. The third-order valence-electron chi connectivity index (χ3n) is 2.78. The van der Waals surface area contributed by atoms with Gasteiger partial charge >= 0.3 is 12.1 Å². The maximum absolute atomic E-state index is 12.6. The van der Waals surface area contributed by atoms with Crippen molar-refractivity contribution in [1.82, 2.24) is 5.32 Å². The Labute approximate surface area is 129 Å². The van der Waals surface area contributed by atoms with Gasteiger partial charge in [0.15, 0.2) is 0 Å². The number of ether oxygens (including phenoxy) is 1. The third kappa shape index (κ3) is 5.61. The van der Waals surface area contributed by atoms with Crippen LogP contribution in [0.3, 0.4) is 0 Å². The largest absolute Gasteiger partial charge is 0.466 e. The van der Waals surface area contributed by atoms with Crippen molar-refractivity contribution in [2.24, 2.45) is 5.73 Å². The van der Waals surface area contributed by atoms with E-state index in [9.17, 15) is 27.6 Å². The Hall–Kier alpha value is -2.58. The number of primary amides is 1. The fourth-order valence-electron chi connectivity index (χ4n) is 1.69. The molecule has 1 aromatic rings. The molecule has 3 N–H and O–H groups in total. The molecule has 0 aliphatic rings. The SMILES string of the molecule is CCOC(=O)C[C@H](NC(=O)c1cccc(C(F)(F)F)c1)C(N)=O. The van der Waals surface area contributed by atoms with Gasteiger partial charge in [-0.2, -0.15) is 13.2 Å². The van der Waals surface area contributed by atoms with Crippen LogP contribution in [-0.4, -0.2) is 30.4 Å². The summed E-state index contributed by atoms with van der Waals surface area (Å²) in [5, 5.41) is 2.12. The minimum absolute atomic E-state index is 0.0753. The number of rotatable bonds is 6. The lowest BCUT2D eigenvalue weighted by atomic mass is 10.1. The van der Waals surface area contributed by atoms with Gasteiger partial charge in [-0.1, -0.05) is 6.07 Å². The number of hydrogen-bond donors (Lipinski definition) is 2. The summed E-state index contributed by atoms with van der Waals surface area (Å²) >= 11 is 0. The molecule has 0 aromatic heterocycles. The summed E-state index contributed by atoms with van der Waals surface area (Å²) in [6.45, 7) is 1.63. The van der Waals surface area contributed by atoms with Crippen LogP contribution < -0.4 is 11.1 Å². The molecule has 0 saturated carbocycles. The van der Waals surface area contributed by atoms with Crippen molar-refractivity contribution in [3.63, 3.8) is 0 Å². The molecule has 1 aromatic carbocycles. The van der Waals surface area contributed by atoms with Gasteiger partial charge in [0, 0.05) is 5.56 Å². The summed E-state index contributed by atoms with van der Waals surface area (Å²) in [7, 11) is 0. The molecule has 1 rings (SSSR count). The van der Waals surface area contributed by atoms with Gasteiger partial charge in [0.2, 0.25) is 5.91 Å². The zero-order valence-electron chi connectivity index (χ0n) is 12.1. The fraction of sp³-hybridized carbons (Fsp3) is 0.357. The zero-order chi connectivity index (χ0) is 17.6. The van der Waals surface area contributed by atoms with Crippen molar-refractivity contribution >= 4 is 17.8 Å². The summed E-state index contributed by atoms with van der Waals surface area (Å²) in [4.78, 5) is 34.5. The highest BCUT2D eigenvalue weighted by Gasteiger charge is 2.31. The van der Waals surface area contributed by atoms with Crippen LogP contribution in [-0.2, 0) is 20.5 Å². The first-order valence-corrected chi connectivity index (χ1v) is 6.58. The monoisotopic (exact) mass is 332 g/mol. The van der Waals surface area contributed by atoms with Crippen molar-refractivity contribution < 1.29 is 32.3 Å². The molecule has 0 heterocycles. The topological polar surface area (TPSA) is 98.5 Å². The van der Waals surface area contributed by atoms with Crippen LogP contribution in [0.2, 0.25) is 0 Å². The van der Waals surface area contributed by atoms with E-state index in [-0.39, 0.29) is 12.2 Å². The van der Waals surface area contributed by atoms with E-state index in [1.165, 1.54) is 0 Å². The average Bonchev–Trinajstić information content (AvgIpc) is 2.45. The third-order valence-corrected chi connectivity index (χ3v) is 2.78. The predicted molar refractivity (Wildman–Crippen MR) is 73.1 cm³/mol. The van der Waals surface area contributed by atoms with Gasteiger partial charge in [0.1, 0.15) is 6.04 Å². The lowest BCUT2D eigenvalue weighted by Gasteiger charge is -2.15. The summed E-state index contributed by atoms with van der Waals surface area (Å²) in [6, 6.07) is 2.27. The molecule has 0 aliphatic carbocycles. The highest BCUT2D eigenvalue weighted by molar-refractivity contribution is 5.98. The Morgan fingerprint density at radius 3 is 2.48 bits per heavy atom. The Morgan fingerprint density at radius 2 is 1.96 bits per heavy atom. The lowest BCUT2D eigenvalue weighted by Crippen LogP contribution is -2.46. The quantitative estimate of drug-likeness (QED) is 0.766. The standard InChI is InChI=1S/C14H15F3N2O4/c1-2-23-11(20)7-10(12(18)21)19-13(22)8-4-3-5-9(6-8)14(15,16)17/h3-6,10H,2,7H2,1H3,(H2,18,21)(H,19,22)/t10-/m0/s1. The maximum Gasteiger partial charge on any atom is 0.416 e. The van der Waals surface area contributed by atoms with E-state index in [0.717, 1.165) is 18.2 Å². The Bertz CT molecular complexity index is 602. The number of halogens is 3. The lowest BCUT2D eigenvalue weighted by molar-refractivity contribution is -0.145. The molecule has 2 amide bonds. The van der Waals surface area contributed by atoms with Crippen LogP contribution in [0, 0.1) is 0 Å². The van der Waals surface area contributed by atoms with Gasteiger partial charge in [-0.05, 0) is 25.1 Å². The molecular formula is C14H15F3N2O4. The molecule has 0 bridgehead atoms. The molecule has 0 fully saturated rings. The van der Waals surface area contributed by atoms with Crippen molar-refractivity contribution in [2.75, 3.05) is 6.61 Å². The van der Waals surface area contributed by atoms with Gasteiger partial charge in [-0.25, -0.2) is 0 Å². The highest BCUT2D eigenvalue weighted by Crippen LogP contribution is 2.29. The van der Waals surface area contributed by atoms with Gasteiger partial charge in [0.25, 0.3) is 5.91 Å². The summed E-state index contributed by atoms with van der Waals surface area (Å²) in [5.74, 6) is -2.72. The minimum atomic E-state index is -4.61.